The number of nitro groups is 1. The molecule has 0 aliphatic heterocycles. The van der Waals surface area contributed by atoms with Crippen LogP contribution in [0.25, 0.3) is 0 Å². The van der Waals surface area contributed by atoms with Crippen molar-refractivity contribution in [2.24, 2.45) is 0 Å². The minimum absolute atomic E-state index is 0.00668. The maximum atomic E-state index is 10.8. The van der Waals surface area contributed by atoms with Crippen LogP contribution in [0.15, 0.2) is 59.5 Å². The summed E-state index contributed by atoms with van der Waals surface area (Å²) < 4.78 is 5.46. The van der Waals surface area contributed by atoms with Crippen LogP contribution in [0, 0.1) is 10.1 Å². The summed E-state index contributed by atoms with van der Waals surface area (Å²) in [5.41, 5.74) is 0.00668. The lowest BCUT2D eigenvalue weighted by atomic mass is 10.3. The van der Waals surface area contributed by atoms with Gasteiger partial charge in [-0.25, -0.2) is 0 Å². The molecule has 0 aliphatic rings. The van der Waals surface area contributed by atoms with Crippen molar-refractivity contribution >= 4 is 17.4 Å². The van der Waals surface area contributed by atoms with Gasteiger partial charge in [0.1, 0.15) is 0 Å². The molecule has 19 heavy (non-hydrogen) atoms. The topological polar surface area (TPSA) is 52.4 Å². The maximum absolute atomic E-state index is 10.8. The van der Waals surface area contributed by atoms with E-state index in [4.69, 9.17) is 4.74 Å². The van der Waals surface area contributed by atoms with Gasteiger partial charge in [0.25, 0.3) is 0 Å². The molecule has 0 heterocycles. The van der Waals surface area contributed by atoms with E-state index in [1.807, 2.05) is 30.3 Å². The highest BCUT2D eigenvalue weighted by atomic mass is 32.2. The number of rotatable bonds is 6. The van der Waals surface area contributed by atoms with Crippen LogP contribution in [0.2, 0.25) is 0 Å². The van der Waals surface area contributed by atoms with Gasteiger partial charge in [0.05, 0.1) is 11.5 Å². The first-order valence-electron chi connectivity index (χ1n) is 5.81. The summed E-state index contributed by atoms with van der Waals surface area (Å²) in [6, 6.07) is 16.4. The van der Waals surface area contributed by atoms with Crippen LogP contribution in [-0.4, -0.2) is 17.3 Å². The van der Waals surface area contributed by atoms with Crippen molar-refractivity contribution in [3.05, 3.63) is 64.7 Å². The van der Waals surface area contributed by atoms with Crippen molar-refractivity contribution in [2.75, 3.05) is 12.4 Å². The molecule has 2 aromatic rings. The largest absolute Gasteiger partial charge is 0.486 e. The number of hydrogen-bond acceptors (Lipinski definition) is 4. The van der Waals surface area contributed by atoms with Gasteiger partial charge in [0, 0.05) is 16.7 Å². The summed E-state index contributed by atoms with van der Waals surface area (Å²) in [5, 5.41) is 10.8. The summed E-state index contributed by atoms with van der Waals surface area (Å²) in [7, 11) is 0. The van der Waals surface area contributed by atoms with Crippen LogP contribution in [0.5, 0.6) is 5.75 Å². The van der Waals surface area contributed by atoms with Crippen molar-refractivity contribution in [1.82, 2.24) is 0 Å². The Balaban J connectivity index is 1.85. The number of nitrogens with zero attached hydrogens (tertiary/aromatic N) is 1. The van der Waals surface area contributed by atoms with E-state index in [2.05, 4.69) is 0 Å². The quantitative estimate of drug-likeness (QED) is 0.348. The zero-order valence-electron chi connectivity index (χ0n) is 10.2. The maximum Gasteiger partial charge on any atom is 0.310 e. The lowest BCUT2D eigenvalue weighted by Gasteiger charge is -2.06. The second kappa shape index (κ2) is 6.80. The zero-order chi connectivity index (χ0) is 13.5. The van der Waals surface area contributed by atoms with Crippen LogP contribution >= 0.6 is 11.8 Å². The number of ether oxygens (including phenoxy) is 1. The summed E-state index contributed by atoms with van der Waals surface area (Å²) in [6.07, 6.45) is 0. The molecule has 0 amide bonds. The number of para-hydroxylation sites is 2. The highest BCUT2D eigenvalue weighted by Crippen LogP contribution is 2.26. The molecule has 0 radical (unpaired) electrons. The third-order valence-corrected chi connectivity index (χ3v) is 3.39. The molecule has 2 aromatic carbocycles. The molecule has 0 bridgehead atoms. The number of hydrogen-bond donors (Lipinski definition) is 0. The van der Waals surface area contributed by atoms with Crippen molar-refractivity contribution in [3.63, 3.8) is 0 Å². The predicted octanol–water partition coefficient (Wildman–Crippen LogP) is 3.77. The van der Waals surface area contributed by atoms with Gasteiger partial charge in [-0.3, -0.25) is 10.1 Å². The van der Waals surface area contributed by atoms with Crippen LogP contribution in [0.4, 0.5) is 5.69 Å². The molecule has 0 saturated carbocycles. The first-order chi connectivity index (χ1) is 9.27. The van der Waals surface area contributed by atoms with Gasteiger partial charge < -0.3 is 4.74 Å². The Bertz CT molecular complexity index is 545. The van der Waals surface area contributed by atoms with Crippen molar-refractivity contribution in [1.29, 1.82) is 0 Å². The van der Waals surface area contributed by atoms with Gasteiger partial charge in [0.2, 0.25) is 0 Å². The SMILES string of the molecule is O=[N+]([O-])c1ccccc1OCCSc1ccccc1. The van der Waals surface area contributed by atoms with Gasteiger partial charge in [-0.1, -0.05) is 30.3 Å². The zero-order valence-corrected chi connectivity index (χ0v) is 11.0. The van der Waals surface area contributed by atoms with E-state index in [-0.39, 0.29) is 5.69 Å². The van der Waals surface area contributed by atoms with Crippen molar-refractivity contribution in [2.45, 2.75) is 4.90 Å². The summed E-state index contributed by atoms with van der Waals surface area (Å²) >= 11 is 1.66. The third kappa shape index (κ3) is 3.99. The molecule has 98 valence electrons. The molecule has 0 N–H and O–H groups in total. The fourth-order valence-corrected chi connectivity index (χ4v) is 2.31. The normalized spacial score (nSPS) is 10.1. The Morgan fingerprint density at radius 1 is 1.05 bits per heavy atom. The van der Waals surface area contributed by atoms with Crippen LogP contribution in [0.1, 0.15) is 0 Å². The summed E-state index contributed by atoms with van der Waals surface area (Å²) in [4.78, 5) is 11.5. The van der Waals surface area contributed by atoms with Crippen LogP contribution in [-0.2, 0) is 0 Å². The third-order valence-electron chi connectivity index (χ3n) is 2.41. The molecule has 0 aromatic heterocycles. The number of nitro benzene ring substituents is 1. The van der Waals surface area contributed by atoms with Crippen molar-refractivity contribution < 1.29 is 9.66 Å². The first kappa shape index (κ1) is 13.4. The standard InChI is InChI=1S/C14H13NO3S/c16-15(17)13-8-4-5-9-14(13)18-10-11-19-12-6-2-1-3-7-12/h1-9H,10-11H2. The smallest absolute Gasteiger partial charge is 0.310 e. The number of thioether (sulfide) groups is 1. The van der Waals surface area contributed by atoms with E-state index in [9.17, 15) is 10.1 Å². The molecule has 0 aliphatic carbocycles. The lowest BCUT2D eigenvalue weighted by Crippen LogP contribution is -2.02. The van der Waals surface area contributed by atoms with Gasteiger partial charge in [-0.2, -0.15) is 0 Å². The van der Waals surface area contributed by atoms with E-state index >= 15 is 0 Å². The second-order valence-electron chi connectivity index (χ2n) is 3.73. The fraction of sp³-hybridized carbons (Fsp3) is 0.143. The minimum atomic E-state index is -0.431. The highest BCUT2D eigenvalue weighted by molar-refractivity contribution is 7.99. The van der Waals surface area contributed by atoms with E-state index in [0.29, 0.717) is 12.4 Å². The van der Waals surface area contributed by atoms with E-state index < -0.39 is 4.92 Å². The Kier molecular flexibility index (Phi) is 4.80. The average molecular weight is 275 g/mol. The van der Waals surface area contributed by atoms with Gasteiger partial charge in [0.15, 0.2) is 5.75 Å². The average Bonchev–Trinajstić information content (AvgIpc) is 2.45. The fourth-order valence-electron chi connectivity index (χ4n) is 1.56. The van der Waals surface area contributed by atoms with Crippen LogP contribution in [0.3, 0.4) is 0 Å². The van der Waals surface area contributed by atoms with Gasteiger partial charge in [-0.05, 0) is 18.2 Å². The van der Waals surface area contributed by atoms with E-state index in [1.165, 1.54) is 6.07 Å². The lowest BCUT2D eigenvalue weighted by molar-refractivity contribution is -0.385. The van der Waals surface area contributed by atoms with Gasteiger partial charge >= 0.3 is 5.69 Å². The van der Waals surface area contributed by atoms with Gasteiger partial charge in [-0.15, -0.1) is 11.8 Å². The van der Waals surface area contributed by atoms with E-state index in [1.54, 1.807) is 30.0 Å². The Morgan fingerprint density at radius 2 is 1.74 bits per heavy atom. The minimum Gasteiger partial charge on any atom is -0.486 e. The van der Waals surface area contributed by atoms with E-state index in [0.717, 1.165) is 10.6 Å². The molecule has 0 spiro atoms. The van der Waals surface area contributed by atoms with Crippen molar-refractivity contribution in [3.8, 4) is 5.75 Å². The summed E-state index contributed by atoms with van der Waals surface area (Å²) in [5.74, 6) is 1.07. The summed E-state index contributed by atoms with van der Waals surface area (Å²) in [6.45, 7) is 0.435. The molecule has 5 heteroatoms. The van der Waals surface area contributed by atoms with Crippen LogP contribution < -0.4 is 4.74 Å². The molecule has 0 unspecified atom stereocenters. The Hall–Kier alpha value is -2.01. The molecule has 4 nitrogen and oxygen atoms in total. The molecule has 0 fully saturated rings. The Morgan fingerprint density at radius 3 is 2.47 bits per heavy atom. The molecular weight excluding hydrogens is 262 g/mol. The Labute approximate surface area is 115 Å². The monoisotopic (exact) mass is 275 g/mol. The second-order valence-corrected chi connectivity index (χ2v) is 4.90. The first-order valence-corrected chi connectivity index (χ1v) is 6.80. The molecule has 0 saturated heterocycles. The molecular formula is C14H13NO3S. The molecule has 2 rings (SSSR count). The molecule has 0 atom stereocenters. The predicted molar refractivity (Wildman–Crippen MR) is 75.8 cm³/mol. The number of benzene rings is 2. The highest BCUT2D eigenvalue weighted by Gasteiger charge is 2.12.